The average Bonchev–Trinajstić information content (AvgIpc) is 3.65. The second-order valence-electron chi connectivity index (χ2n) is 9.39. The van der Waals surface area contributed by atoms with Crippen LogP contribution in [0.4, 0.5) is 0 Å². The summed E-state index contributed by atoms with van der Waals surface area (Å²) in [5.41, 5.74) is 4.88. The van der Waals surface area contributed by atoms with Crippen LogP contribution in [0.5, 0.6) is 5.75 Å². The number of para-hydroxylation sites is 1. The summed E-state index contributed by atoms with van der Waals surface area (Å²) < 4.78 is 43.0. The Bertz CT molecular complexity index is 1480. The number of ether oxygens (including phenoxy) is 1. The van der Waals surface area contributed by atoms with Crippen molar-refractivity contribution in [3.63, 3.8) is 0 Å². The third kappa shape index (κ3) is 5.30. The molecule has 0 spiro atoms. The zero-order valence-electron chi connectivity index (χ0n) is 21.3. The predicted molar refractivity (Wildman–Crippen MR) is 139 cm³/mol. The van der Waals surface area contributed by atoms with Gasteiger partial charge in [-0.25, -0.2) is 17.8 Å². The fourth-order valence-electron chi connectivity index (χ4n) is 4.88. The average molecular weight is 522 g/mol. The second-order valence-corrected chi connectivity index (χ2v) is 11.1. The van der Waals surface area contributed by atoms with Crippen LogP contribution >= 0.6 is 0 Å². The largest absolute Gasteiger partial charge is 0.486 e. The molecule has 5 rings (SSSR count). The van der Waals surface area contributed by atoms with Crippen LogP contribution in [0.25, 0.3) is 16.8 Å². The fourth-order valence-corrected chi connectivity index (χ4v) is 6.36. The van der Waals surface area contributed by atoms with Crippen LogP contribution in [-0.4, -0.2) is 34.6 Å². The van der Waals surface area contributed by atoms with Gasteiger partial charge in [0.25, 0.3) is 0 Å². The van der Waals surface area contributed by atoms with Crippen molar-refractivity contribution >= 4 is 10.0 Å². The van der Waals surface area contributed by atoms with Crippen LogP contribution in [0.2, 0.25) is 0 Å². The van der Waals surface area contributed by atoms with Crippen molar-refractivity contribution in [1.82, 2.24) is 24.9 Å². The van der Waals surface area contributed by atoms with Crippen LogP contribution in [0, 0.1) is 13.8 Å². The van der Waals surface area contributed by atoms with Crippen LogP contribution in [0.1, 0.15) is 55.3 Å². The Morgan fingerprint density at radius 2 is 1.92 bits per heavy atom. The minimum absolute atomic E-state index is 0.0703. The lowest BCUT2D eigenvalue weighted by atomic mass is 10.0. The van der Waals surface area contributed by atoms with E-state index in [1.54, 1.807) is 23.0 Å². The molecule has 0 atom stereocenters. The summed E-state index contributed by atoms with van der Waals surface area (Å²) in [5.74, 6) is 0.881. The molecule has 194 valence electrons. The maximum absolute atomic E-state index is 13.5. The van der Waals surface area contributed by atoms with Gasteiger partial charge in [0.05, 0.1) is 17.6 Å². The van der Waals surface area contributed by atoms with E-state index in [4.69, 9.17) is 9.26 Å². The molecular weight excluding hydrogens is 490 g/mol. The van der Waals surface area contributed by atoms with Crippen molar-refractivity contribution in [3.8, 4) is 22.6 Å². The van der Waals surface area contributed by atoms with Gasteiger partial charge >= 0.3 is 0 Å². The van der Waals surface area contributed by atoms with E-state index in [1.807, 2.05) is 38.1 Å². The fraction of sp³-hybridized carbons (Fsp3) is 0.370. The van der Waals surface area contributed by atoms with Crippen molar-refractivity contribution in [1.29, 1.82) is 0 Å². The number of sulfonamides is 1. The van der Waals surface area contributed by atoms with Gasteiger partial charge in [-0.1, -0.05) is 54.4 Å². The molecule has 1 aliphatic carbocycles. The lowest BCUT2D eigenvalue weighted by molar-refractivity contribution is 0.293. The molecule has 0 aliphatic heterocycles. The van der Waals surface area contributed by atoms with Gasteiger partial charge in [-0.05, 0) is 62.4 Å². The first-order chi connectivity index (χ1) is 17.9. The van der Waals surface area contributed by atoms with E-state index < -0.39 is 10.0 Å². The number of nitrogens with one attached hydrogen (secondary N) is 1. The third-order valence-electron chi connectivity index (χ3n) is 6.77. The van der Waals surface area contributed by atoms with E-state index in [9.17, 15) is 8.42 Å². The number of hydrogen-bond acceptors (Lipinski definition) is 7. The molecule has 1 fully saturated rings. The lowest BCUT2D eigenvalue weighted by Gasteiger charge is -2.16. The molecule has 10 heteroatoms. The number of hydrogen-bond donors (Lipinski definition) is 1. The van der Waals surface area contributed by atoms with E-state index in [-0.39, 0.29) is 23.3 Å². The van der Waals surface area contributed by atoms with Gasteiger partial charge in [0.1, 0.15) is 28.7 Å². The van der Waals surface area contributed by atoms with Crippen molar-refractivity contribution < 1.29 is 17.7 Å². The Morgan fingerprint density at radius 3 is 2.65 bits per heavy atom. The maximum Gasteiger partial charge on any atom is 0.244 e. The summed E-state index contributed by atoms with van der Waals surface area (Å²) >= 11 is 0. The van der Waals surface area contributed by atoms with Gasteiger partial charge in [0, 0.05) is 11.6 Å². The van der Waals surface area contributed by atoms with E-state index >= 15 is 0 Å². The van der Waals surface area contributed by atoms with Crippen molar-refractivity contribution in [2.75, 3.05) is 0 Å². The normalized spacial score (nSPS) is 14.4. The third-order valence-corrected chi connectivity index (χ3v) is 8.31. The number of nitrogens with zero attached hydrogens (tertiary/aromatic N) is 4. The van der Waals surface area contributed by atoms with Gasteiger partial charge in [0.2, 0.25) is 10.0 Å². The topological polar surface area (TPSA) is 112 Å². The summed E-state index contributed by atoms with van der Waals surface area (Å²) in [4.78, 5) is 0.0839. The van der Waals surface area contributed by atoms with Gasteiger partial charge in [0.15, 0.2) is 0 Å². The Kier molecular flexibility index (Phi) is 7.12. The molecule has 4 aromatic rings. The number of aryl methyl sites for hydroxylation is 3. The molecule has 0 radical (unpaired) electrons. The summed E-state index contributed by atoms with van der Waals surface area (Å²) in [6.07, 6.45) is 6.38. The Hall–Kier alpha value is -3.50. The van der Waals surface area contributed by atoms with Crippen LogP contribution in [-0.2, 0) is 23.1 Å². The highest BCUT2D eigenvalue weighted by atomic mass is 32.2. The van der Waals surface area contributed by atoms with Crippen LogP contribution in [0.15, 0.2) is 58.1 Å². The summed E-state index contributed by atoms with van der Waals surface area (Å²) in [6, 6.07) is 13.1. The molecule has 2 aromatic heterocycles. The molecule has 0 amide bonds. The minimum atomic E-state index is -3.83. The quantitative estimate of drug-likeness (QED) is 0.333. The molecular formula is C27H31N5O4S. The smallest absolute Gasteiger partial charge is 0.244 e. The van der Waals surface area contributed by atoms with E-state index in [0.29, 0.717) is 22.7 Å². The Balaban J connectivity index is 1.44. The van der Waals surface area contributed by atoms with Gasteiger partial charge < -0.3 is 9.26 Å². The molecule has 1 saturated carbocycles. The SMILES string of the molecule is CCc1ccccc1-n1cc(COc2ccc(-c3c(C)noc3C)cc2S(=O)(=O)NC2CCCC2)nn1. The molecule has 0 unspecified atom stereocenters. The standard InChI is InChI=1S/C27H31N5O4S/c1-4-20-9-5-8-12-24(20)32-16-23(28-31-32)17-35-25-14-13-21(27-18(2)29-36-19(27)3)15-26(25)37(33,34)30-22-10-6-7-11-22/h5,8-9,12-16,22,30H,4,6-7,10-11,17H2,1-3H3. The van der Waals surface area contributed by atoms with Gasteiger partial charge in [-0.2, -0.15) is 0 Å². The molecule has 9 nitrogen and oxygen atoms in total. The van der Waals surface area contributed by atoms with Gasteiger partial charge in [-0.15, -0.1) is 5.10 Å². The number of rotatable bonds is 9. The van der Waals surface area contributed by atoms with Crippen molar-refractivity contribution in [2.45, 2.75) is 70.4 Å². The molecule has 0 bridgehead atoms. The molecule has 1 N–H and O–H groups in total. The number of benzene rings is 2. The highest BCUT2D eigenvalue weighted by Crippen LogP contribution is 2.34. The van der Waals surface area contributed by atoms with Crippen LogP contribution < -0.4 is 9.46 Å². The van der Waals surface area contributed by atoms with Crippen molar-refractivity contribution in [3.05, 3.63) is 71.4 Å². The summed E-state index contributed by atoms with van der Waals surface area (Å²) in [5, 5.41) is 12.5. The molecule has 0 saturated heterocycles. The lowest BCUT2D eigenvalue weighted by Crippen LogP contribution is -2.33. The predicted octanol–water partition coefficient (Wildman–Crippen LogP) is 4.90. The number of aromatic nitrogens is 4. The second kappa shape index (κ2) is 10.5. The van der Waals surface area contributed by atoms with Crippen LogP contribution in [0.3, 0.4) is 0 Å². The first-order valence-corrected chi connectivity index (χ1v) is 14.1. The molecule has 1 aliphatic rings. The van der Waals surface area contributed by atoms with E-state index in [2.05, 4.69) is 33.2 Å². The first kappa shape index (κ1) is 25.2. The Labute approximate surface area is 216 Å². The highest BCUT2D eigenvalue weighted by Gasteiger charge is 2.27. The highest BCUT2D eigenvalue weighted by molar-refractivity contribution is 7.89. The van der Waals surface area contributed by atoms with Crippen molar-refractivity contribution in [2.24, 2.45) is 0 Å². The molecule has 2 heterocycles. The Morgan fingerprint density at radius 1 is 1.14 bits per heavy atom. The first-order valence-electron chi connectivity index (χ1n) is 12.6. The zero-order valence-corrected chi connectivity index (χ0v) is 22.1. The summed E-state index contributed by atoms with van der Waals surface area (Å²) in [7, 11) is -3.83. The monoisotopic (exact) mass is 521 g/mol. The molecule has 2 aromatic carbocycles. The maximum atomic E-state index is 13.5. The van der Waals surface area contributed by atoms with E-state index in [0.717, 1.165) is 48.9 Å². The molecule has 37 heavy (non-hydrogen) atoms. The van der Waals surface area contributed by atoms with E-state index in [1.165, 1.54) is 0 Å². The summed E-state index contributed by atoms with van der Waals surface area (Å²) in [6.45, 7) is 5.81. The minimum Gasteiger partial charge on any atom is -0.486 e. The van der Waals surface area contributed by atoms with Gasteiger partial charge in [-0.3, -0.25) is 0 Å². The zero-order chi connectivity index (χ0) is 26.0.